The Hall–Kier alpha value is -1.49. The number of carbonyl (C=O) groups is 1. The largest absolute Gasteiger partial charge is 0.431 e. The van der Waals surface area contributed by atoms with Crippen LogP contribution in [0.15, 0.2) is 24.4 Å². The van der Waals surface area contributed by atoms with Crippen molar-refractivity contribution in [2.24, 2.45) is 5.73 Å². The van der Waals surface area contributed by atoms with Crippen LogP contribution in [0.25, 0.3) is 0 Å². The van der Waals surface area contributed by atoms with Crippen molar-refractivity contribution >= 4 is 5.97 Å². The zero-order valence-corrected chi connectivity index (χ0v) is 11.2. The number of aromatic nitrogens is 1. The number of hydrogen-bond donors (Lipinski definition) is 1. The van der Waals surface area contributed by atoms with Crippen LogP contribution in [-0.4, -0.2) is 23.9 Å². The number of alkyl halides is 1. The van der Waals surface area contributed by atoms with Crippen molar-refractivity contribution in [3.05, 3.63) is 30.1 Å². The summed E-state index contributed by atoms with van der Waals surface area (Å²) in [6.45, 7) is 2.24. The number of halogens is 1. The SMILES string of the molecule is CCCC(F)OC(=O)CCC(CN)c1ccccn1. The van der Waals surface area contributed by atoms with Gasteiger partial charge < -0.3 is 10.5 Å². The number of hydrogen-bond acceptors (Lipinski definition) is 4. The molecule has 2 atom stereocenters. The third kappa shape index (κ3) is 5.79. The summed E-state index contributed by atoms with van der Waals surface area (Å²) in [6.07, 6.45) is 1.76. The lowest BCUT2D eigenvalue weighted by Gasteiger charge is -2.14. The molecule has 0 saturated heterocycles. The highest BCUT2D eigenvalue weighted by Gasteiger charge is 2.16. The fraction of sp³-hybridized carbons (Fsp3) is 0.571. The van der Waals surface area contributed by atoms with Gasteiger partial charge >= 0.3 is 5.97 Å². The molecule has 5 heteroatoms. The third-order valence-electron chi connectivity index (χ3n) is 2.86. The molecule has 0 aliphatic rings. The standard InChI is InChI=1S/C14H21FN2O2/c1-2-5-13(15)19-14(18)8-7-11(10-16)12-6-3-4-9-17-12/h3-4,6,9,11,13H,2,5,7-8,10,16H2,1H3. The minimum absolute atomic E-state index is 0.00186. The average molecular weight is 268 g/mol. The summed E-state index contributed by atoms with van der Waals surface area (Å²) in [5.41, 5.74) is 6.52. The maximum Gasteiger partial charge on any atom is 0.308 e. The van der Waals surface area contributed by atoms with Gasteiger partial charge in [0.15, 0.2) is 0 Å². The maximum atomic E-state index is 13.1. The van der Waals surface area contributed by atoms with Crippen LogP contribution in [0, 0.1) is 0 Å². The van der Waals surface area contributed by atoms with Crippen LogP contribution in [0.2, 0.25) is 0 Å². The number of nitrogens with two attached hydrogens (primary N) is 1. The lowest BCUT2D eigenvalue weighted by Crippen LogP contribution is -2.18. The van der Waals surface area contributed by atoms with E-state index >= 15 is 0 Å². The quantitative estimate of drug-likeness (QED) is 0.736. The highest BCUT2D eigenvalue weighted by atomic mass is 19.1. The van der Waals surface area contributed by atoms with E-state index in [4.69, 9.17) is 5.73 Å². The molecular formula is C14H21FN2O2. The Kier molecular flexibility index (Phi) is 7.03. The lowest BCUT2D eigenvalue weighted by atomic mass is 9.99. The molecule has 106 valence electrons. The molecule has 2 unspecified atom stereocenters. The summed E-state index contributed by atoms with van der Waals surface area (Å²) in [5.74, 6) is -0.520. The van der Waals surface area contributed by atoms with Crippen LogP contribution < -0.4 is 5.73 Å². The molecule has 1 aromatic rings. The maximum absolute atomic E-state index is 13.1. The van der Waals surface area contributed by atoms with Gasteiger partial charge in [0.2, 0.25) is 6.36 Å². The molecule has 1 heterocycles. The summed E-state index contributed by atoms with van der Waals surface area (Å²) in [4.78, 5) is 15.7. The first-order chi connectivity index (χ1) is 9.17. The monoisotopic (exact) mass is 268 g/mol. The van der Waals surface area contributed by atoms with E-state index in [0.29, 0.717) is 19.4 Å². The molecule has 0 saturated carbocycles. The Morgan fingerprint density at radius 2 is 2.26 bits per heavy atom. The van der Waals surface area contributed by atoms with E-state index in [2.05, 4.69) is 9.72 Å². The first-order valence-corrected chi connectivity index (χ1v) is 6.61. The summed E-state index contributed by atoms with van der Waals surface area (Å²) in [6, 6.07) is 5.57. The van der Waals surface area contributed by atoms with E-state index in [1.54, 1.807) is 6.20 Å². The summed E-state index contributed by atoms with van der Waals surface area (Å²) < 4.78 is 17.8. The predicted molar refractivity (Wildman–Crippen MR) is 71.2 cm³/mol. The topological polar surface area (TPSA) is 65.2 Å². The van der Waals surface area contributed by atoms with Crippen molar-refractivity contribution in [2.75, 3.05) is 6.54 Å². The smallest absolute Gasteiger partial charge is 0.308 e. The van der Waals surface area contributed by atoms with Gasteiger partial charge in [-0.2, -0.15) is 0 Å². The minimum Gasteiger partial charge on any atom is -0.431 e. The van der Waals surface area contributed by atoms with Gasteiger partial charge in [-0.05, 0) is 25.0 Å². The Balaban J connectivity index is 2.39. The Bertz CT molecular complexity index is 373. The fourth-order valence-electron chi connectivity index (χ4n) is 1.78. The molecule has 0 aromatic carbocycles. The summed E-state index contributed by atoms with van der Waals surface area (Å²) in [7, 11) is 0. The Morgan fingerprint density at radius 3 is 2.84 bits per heavy atom. The first-order valence-electron chi connectivity index (χ1n) is 6.61. The summed E-state index contributed by atoms with van der Waals surface area (Å²) in [5, 5.41) is 0. The Labute approximate surface area is 113 Å². The molecular weight excluding hydrogens is 247 g/mol. The van der Waals surface area contributed by atoms with Crippen LogP contribution in [0.5, 0.6) is 0 Å². The molecule has 0 aliphatic carbocycles. The van der Waals surface area contributed by atoms with Gasteiger partial charge in [-0.15, -0.1) is 0 Å². The van der Waals surface area contributed by atoms with Crippen LogP contribution in [0.3, 0.4) is 0 Å². The van der Waals surface area contributed by atoms with E-state index in [1.165, 1.54) is 0 Å². The number of esters is 1. The first kappa shape index (κ1) is 15.6. The number of ether oxygens (including phenoxy) is 1. The number of nitrogens with zero attached hydrogens (tertiary/aromatic N) is 1. The van der Waals surface area contributed by atoms with Gasteiger partial charge in [0.05, 0.1) is 0 Å². The second-order valence-corrected chi connectivity index (χ2v) is 4.41. The highest BCUT2D eigenvalue weighted by Crippen LogP contribution is 2.18. The van der Waals surface area contributed by atoms with Crippen LogP contribution in [-0.2, 0) is 9.53 Å². The van der Waals surface area contributed by atoms with Gasteiger partial charge in [0.1, 0.15) is 0 Å². The molecule has 4 nitrogen and oxygen atoms in total. The van der Waals surface area contributed by atoms with Gasteiger partial charge in [-0.3, -0.25) is 9.78 Å². The van der Waals surface area contributed by atoms with Gasteiger partial charge in [-0.1, -0.05) is 13.0 Å². The molecule has 0 bridgehead atoms. The van der Waals surface area contributed by atoms with Gasteiger partial charge in [0, 0.05) is 37.2 Å². The minimum atomic E-state index is -1.50. The predicted octanol–water partition coefficient (Wildman–Crippen LogP) is 2.54. The van der Waals surface area contributed by atoms with Crippen molar-refractivity contribution in [3.63, 3.8) is 0 Å². The highest BCUT2D eigenvalue weighted by molar-refractivity contribution is 5.69. The number of carbonyl (C=O) groups excluding carboxylic acids is 1. The van der Waals surface area contributed by atoms with Crippen LogP contribution in [0.4, 0.5) is 4.39 Å². The number of pyridine rings is 1. The third-order valence-corrected chi connectivity index (χ3v) is 2.86. The fourth-order valence-corrected chi connectivity index (χ4v) is 1.78. The van der Waals surface area contributed by atoms with E-state index in [0.717, 1.165) is 5.69 Å². The molecule has 0 fully saturated rings. The van der Waals surface area contributed by atoms with E-state index < -0.39 is 12.3 Å². The Morgan fingerprint density at radius 1 is 1.47 bits per heavy atom. The van der Waals surface area contributed by atoms with E-state index in [9.17, 15) is 9.18 Å². The molecule has 0 aliphatic heterocycles. The van der Waals surface area contributed by atoms with Crippen molar-refractivity contribution in [1.29, 1.82) is 0 Å². The second kappa shape index (κ2) is 8.58. The zero-order valence-electron chi connectivity index (χ0n) is 11.2. The second-order valence-electron chi connectivity index (χ2n) is 4.41. The average Bonchev–Trinajstić information content (AvgIpc) is 2.41. The molecule has 0 amide bonds. The molecule has 0 spiro atoms. The van der Waals surface area contributed by atoms with Gasteiger partial charge in [0.25, 0.3) is 0 Å². The van der Waals surface area contributed by atoms with Crippen LogP contribution in [0.1, 0.15) is 44.2 Å². The molecule has 19 heavy (non-hydrogen) atoms. The number of rotatable bonds is 8. The summed E-state index contributed by atoms with van der Waals surface area (Å²) >= 11 is 0. The zero-order chi connectivity index (χ0) is 14.1. The lowest BCUT2D eigenvalue weighted by molar-refractivity contribution is -0.158. The van der Waals surface area contributed by atoms with Crippen LogP contribution >= 0.6 is 0 Å². The normalized spacial score (nSPS) is 13.8. The van der Waals surface area contributed by atoms with Gasteiger partial charge in [-0.25, -0.2) is 4.39 Å². The van der Waals surface area contributed by atoms with Crippen molar-refractivity contribution < 1.29 is 13.9 Å². The molecule has 0 radical (unpaired) electrons. The van der Waals surface area contributed by atoms with Crippen molar-refractivity contribution in [3.8, 4) is 0 Å². The molecule has 2 N–H and O–H groups in total. The molecule has 1 rings (SSSR count). The van der Waals surface area contributed by atoms with E-state index in [-0.39, 0.29) is 18.8 Å². The van der Waals surface area contributed by atoms with E-state index in [1.807, 2.05) is 25.1 Å². The van der Waals surface area contributed by atoms with Crippen molar-refractivity contribution in [1.82, 2.24) is 4.98 Å². The van der Waals surface area contributed by atoms with Crippen molar-refractivity contribution in [2.45, 2.75) is 44.9 Å². The molecule has 1 aromatic heterocycles.